The number of nitrogen functional groups attached to an aromatic ring is 1. The molecule has 3 heterocycles. The quantitative estimate of drug-likeness (QED) is 0.0651. The Morgan fingerprint density at radius 3 is 2.61 bits per heavy atom. The van der Waals surface area contributed by atoms with Crippen LogP contribution < -0.4 is 16.4 Å². The number of aromatic nitrogens is 1. The summed E-state index contributed by atoms with van der Waals surface area (Å²) in [6.45, 7) is 2.92. The average Bonchev–Trinajstić information content (AvgIpc) is 3.39. The number of thiazole rings is 1. The number of oxime groups is 1. The number of β-lactam (4-membered cyclic amide) rings is 1. The number of hydrogen-bond donors (Lipinski definition) is 4. The lowest BCUT2D eigenvalue weighted by Crippen LogP contribution is -2.71. The second-order valence-corrected chi connectivity index (χ2v) is 10.5. The summed E-state index contributed by atoms with van der Waals surface area (Å²) in [6, 6.07) is -1.06. The second kappa shape index (κ2) is 14.5. The second-order valence-electron chi connectivity index (χ2n) is 8.53. The van der Waals surface area contributed by atoms with Crippen LogP contribution in [0.1, 0.15) is 32.4 Å². The minimum Gasteiger partial charge on any atom is -0.445 e. The summed E-state index contributed by atoms with van der Waals surface area (Å²) in [5, 5.41) is 18.0. The molecular weight excluding hydrogens is 580 g/mol. The topological polar surface area (TPSA) is 212 Å². The summed E-state index contributed by atoms with van der Waals surface area (Å²) in [5.41, 5.74) is 5.47. The number of thioether (sulfide) groups is 1. The van der Waals surface area contributed by atoms with Gasteiger partial charge >= 0.3 is 18.0 Å². The Balaban J connectivity index is 1.76. The first-order valence-corrected chi connectivity index (χ1v) is 14.4. The lowest BCUT2D eigenvalue weighted by molar-refractivity contribution is -0.170. The number of fused-ring (bicyclic) bond motifs is 1. The predicted octanol–water partition coefficient (Wildman–Crippen LogP) is 0.950. The Hall–Kier alpha value is -4.12. The molecule has 2 aliphatic rings. The van der Waals surface area contributed by atoms with E-state index in [-0.39, 0.29) is 34.8 Å². The first-order chi connectivity index (χ1) is 19.7. The molecule has 1 saturated heterocycles. The highest BCUT2D eigenvalue weighted by Crippen LogP contribution is 2.41. The first kappa shape index (κ1) is 31.4. The SMILES string of the molecule is CCC(CC)C(=O)OCOC(=O)C1=C(/C=C\COC(=O)NC)CS[C@H]2C(NC(=O)/C(=N\O)c3csc(N)n3)C(=O)N12. The zero-order valence-corrected chi connectivity index (χ0v) is 24.1. The average molecular weight is 611 g/mol. The van der Waals surface area contributed by atoms with Gasteiger partial charge in [0.1, 0.15) is 29.4 Å². The van der Waals surface area contributed by atoms with E-state index in [1.807, 2.05) is 13.8 Å². The van der Waals surface area contributed by atoms with Gasteiger partial charge in [-0.2, -0.15) is 0 Å². The van der Waals surface area contributed by atoms with Crippen LogP contribution in [0, 0.1) is 5.92 Å². The molecular formula is C24H30N6O9S2. The molecule has 41 heavy (non-hydrogen) atoms. The lowest BCUT2D eigenvalue weighted by Gasteiger charge is -2.49. The third-order valence-corrected chi connectivity index (χ3v) is 8.08. The van der Waals surface area contributed by atoms with Gasteiger partial charge in [0.15, 0.2) is 10.8 Å². The van der Waals surface area contributed by atoms with Gasteiger partial charge in [-0.3, -0.25) is 19.3 Å². The van der Waals surface area contributed by atoms with Crippen molar-refractivity contribution >= 4 is 63.8 Å². The van der Waals surface area contributed by atoms with E-state index in [1.54, 1.807) is 0 Å². The smallest absolute Gasteiger partial charge is 0.407 e. The number of alkyl carbamates (subject to hydrolysis) is 1. The van der Waals surface area contributed by atoms with Gasteiger partial charge in [-0.1, -0.05) is 25.1 Å². The van der Waals surface area contributed by atoms with Crippen LogP contribution in [-0.4, -0.2) is 88.3 Å². The number of carbonyl (C=O) groups is 5. The number of carbonyl (C=O) groups excluding carboxylic acids is 5. The van der Waals surface area contributed by atoms with Crippen molar-refractivity contribution in [1.82, 2.24) is 20.5 Å². The van der Waals surface area contributed by atoms with Crippen molar-refractivity contribution in [1.29, 1.82) is 0 Å². The van der Waals surface area contributed by atoms with E-state index in [9.17, 15) is 29.2 Å². The van der Waals surface area contributed by atoms with E-state index in [1.165, 1.54) is 41.2 Å². The maximum Gasteiger partial charge on any atom is 0.407 e. The fourth-order valence-corrected chi connectivity index (χ4v) is 5.78. The predicted molar refractivity (Wildman–Crippen MR) is 148 cm³/mol. The van der Waals surface area contributed by atoms with Crippen molar-refractivity contribution in [2.45, 2.75) is 38.1 Å². The number of nitrogens with two attached hydrogens (primary N) is 1. The van der Waals surface area contributed by atoms with Gasteiger partial charge in [-0.25, -0.2) is 14.6 Å². The van der Waals surface area contributed by atoms with Crippen molar-refractivity contribution in [2.75, 3.05) is 31.9 Å². The van der Waals surface area contributed by atoms with Crippen LogP contribution in [0.3, 0.4) is 0 Å². The van der Waals surface area contributed by atoms with Crippen molar-refractivity contribution in [3.8, 4) is 0 Å². The molecule has 3 rings (SSSR count). The van der Waals surface area contributed by atoms with Crippen molar-refractivity contribution in [3.63, 3.8) is 0 Å². The summed E-state index contributed by atoms with van der Waals surface area (Å²) in [6.07, 6.45) is 3.48. The Morgan fingerprint density at radius 1 is 1.27 bits per heavy atom. The molecule has 3 amide bonds. The number of allylic oxidation sites excluding steroid dienone is 1. The molecule has 2 atom stereocenters. The van der Waals surface area contributed by atoms with E-state index in [2.05, 4.69) is 20.8 Å². The molecule has 17 heteroatoms. The number of nitrogens with zero attached hydrogens (tertiary/aromatic N) is 3. The number of amides is 3. The summed E-state index contributed by atoms with van der Waals surface area (Å²) >= 11 is 2.29. The van der Waals surface area contributed by atoms with Gasteiger partial charge in [-0.15, -0.1) is 23.1 Å². The minimum absolute atomic E-state index is 0.0333. The number of anilines is 1. The Morgan fingerprint density at radius 2 is 2.00 bits per heavy atom. The van der Waals surface area contributed by atoms with Gasteiger partial charge in [0.25, 0.3) is 11.8 Å². The van der Waals surface area contributed by atoms with Crippen LogP contribution in [0.2, 0.25) is 0 Å². The summed E-state index contributed by atoms with van der Waals surface area (Å²) in [4.78, 5) is 67.6. The fourth-order valence-electron chi connectivity index (χ4n) is 3.91. The van der Waals surface area contributed by atoms with Gasteiger partial charge < -0.3 is 35.8 Å². The van der Waals surface area contributed by atoms with Crippen LogP contribution in [0.5, 0.6) is 0 Å². The van der Waals surface area contributed by atoms with Crippen molar-refractivity contribution in [3.05, 3.63) is 34.5 Å². The highest BCUT2D eigenvalue weighted by atomic mass is 32.2. The monoisotopic (exact) mass is 610 g/mol. The molecule has 0 aliphatic carbocycles. The fraction of sp³-hybridized carbons (Fsp3) is 0.458. The van der Waals surface area contributed by atoms with Gasteiger partial charge in [-0.05, 0) is 24.5 Å². The first-order valence-electron chi connectivity index (χ1n) is 12.4. The molecule has 1 aromatic heterocycles. The maximum atomic E-state index is 13.2. The molecule has 1 aromatic rings. The Labute approximate surface area is 243 Å². The van der Waals surface area contributed by atoms with Crippen molar-refractivity contribution in [2.24, 2.45) is 11.1 Å². The number of nitrogens with one attached hydrogen (secondary N) is 2. The van der Waals surface area contributed by atoms with Crippen LogP contribution in [0.25, 0.3) is 0 Å². The molecule has 1 fully saturated rings. The molecule has 0 spiro atoms. The van der Waals surface area contributed by atoms with Crippen LogP contribution >= 0.6 is 23.1 Å². The van der Waals surface area contributed by atoms with Crippen LogP contribution in [0.4, 0.5) is 9.93 Å². The number of esters is 2. The zero-order chi connectivity index (χ0) is 30.1. The Bertz CT molecular complexity index is 1270. The van der Waals surface area contributed by atoms with Crippen LogP contribution in [0.15, 0.2) is 34.0 Å². The van der Waals surface area contributed by atoms with Gasteiger partial charge in [0, 0.05) is 18.2 Å². The summed E-state index contributed by atoms with van der Waals surface area (Å²) < 4.78 is 15.2. The maximum absolute atomic E-state index is 13.2. The number of rotatable bonds is 12. The normalized spacial score (nSPS) is 18.6. The molecule has 15 nitrogen and oxygen atoms in total. The van der Waals surface area contributed by atoms with E-state index in [4.69, 9.17) is 19.9 Å². The molecule has 0 saturated carbocycles. The standard InChI is InChI=1S/C24H30N6O9S2/c1-4-12(5-2)21(33)38-11-39-22(34)17-13(7-6-8-37-24(35)26-3)9-40-20-16(19(32)30(17)20)28-18(31)15(29-36)14-10-41-23(25)27-14/h6-7,10,12,16,20,36H,4-5,8-9,11H2,1-3H3,(H2,25,27)(H,26,35)(H,28,31)/b7-6-,29-15-/t16?,20-/m0/s1. The highest BCUT2D eigenvalue weighted by Gasteiger charge is 2.54. The van der Waals surface area contributed by atoms with Crippen LogP contribution in [-0.2, 0) is 33.4 Å². The minimum atomic E-state index is -1.06. The summed E-state index contributed by atoms with van der Waals surface area (Å²) in [5.74, 6) is -3.04. The largest absolute Gasteiger partial charge is 0.445 e. The number of hydrogen-bond acceptors (Lipinski definition) is 14. The van der Waals surface area contributed by atoms with E-state index in [0.717, 1.165) is 11.3 Å². The van der Waals surface area contributed by atoms with E-state index in [0.29, 0.717) is 18.4 Å². The highest BCUT2D eigenvalue weighted by molar-refractivity contribution is 8.00. The molecule has 5 N–H and O–H groups in total. The molecule has 222 valence electrons. The third kappa shape index (κ3) is 7.35. The van der Waals surface area contributed by atoms with E-state index < -0.39 is 53.8 Å². The molecule has 2 aliphatic heterocycles. The lowest BCUT2D eigenvalue weighted by atomic mass is 10.0. The molecule has 0 aromatic carbocycles. The molecule has 0 bridgehead atoms. The molecule has 1 unspecified atom stereocenters. The van der Waals surface area contributed by atoms with Gasteiger partial charge in [0.05, 0.1) is 5.92 Å². The van der Waals surface area contributed by atoms with Crippen molar-refractivity contribution < 1.29 is 43.4 Å². The summed E-state index contributed by atoms with van der Waals surface area (Å²) in [7, 11) is 1.41. The number of ether oxygens (including phenoxy) is 3. The Kier molecular flexibility index (Phi) is 11.1. The van der Waals surface area contributed by atoms with E-state index >= 15 is 0 Å². The molecule has 0 radical (unpaired) electrons. The third-order valence-electron chi connectivity index (χ3n) is 6.10. The zero-order valence-electron chi connectivity index (χ0n) is 22.4. The van der Waals surface area contributed by atoms with Gasteiger partial charge in [0.2, 0.25) is 6.79 Å².